The normalized spacial score (nSPS) is 12.2. The largest absolute Gasteiger partial charge is 0.376 e. The molecule has 0 unspecified atom stereocenters. The van der Waals surface area contributed by atoms with Gasteiger partial charge in [0, 0.05) is 6.20 Å². The topological polar surface area (TPSA) is 49.6 Å². The zero-order valence-corrected chi connectivity index (χ0v) is 12.9. The molecule has 1 aliphatic heterocycles. The van der Waals surface area contributed by atoms with E-state index < -0.39 is 0 Å². The average Bonchev–Trinajstić information content (AvgIpc) is 2.90. The molecule has 2 aromatic rings. The minimum Gasteiger partial charge on any atom is -0.376 e. The molecule has 1 aromatic heterocycles. The van der Waals surface area contributed by atoms with E-state index in [1.807, 2.05) is 25.3 Å². The molecule has 0 amide bonds. The van der Waals surface area contributed by atoms with Crippen LogP contribution in [0.3, 0.4) is 0 Å². The number of fused-ring (bicyclic) bond motifs is 1. The molecule has 0 atom stereocenters. The lowest BCUT2D eigenvalue weighted by molar-refractivity contribution is 1.04. The third kappa shape index (κ3) is 2.57. The van der Waals surface area contributed by atoms with Crippen LogP contribution >= 0.6 is 23.2 Å². The van der Waals surface area contributed by atoms with Gasteiger partial charge < -0.3 is 5.32 Å². The number of hydrogen-bond acceptors (Lipinski definition) is 4. The number of rotatable bonds is 3. The van der Waals surface area contributed by atoms with Gasteiger partial charge in [-0.1, -0.05) is 29.3 Å². The lowest BCUT2D eigenvalue weighted by Crippen LogP contribution is -2.02. The summed E-state index contributed by atoms with van der Waals surface area (Å²) < 4.78 is 8.42. The maximum absolute atomic E-state index is 6.23. The first-order valence-electron chi connectivity index (χ1n) is 5.91. The summed E-state index contributed by atoms with van der Waals surface area (Å²) in [7, 11) is 0. The lowest BCUT2D eigenvalue weighted by atomic mass is 10.2. The second-order valence-electron chi connectivity index (χ2n) is 4.36. The molecule has 0 saturated heterocycles. The fourth-order valence-electron chi connectivity index (χ4n) is 1.82. The molecule has 2 heterocycles. The van der Waals surface area contributed by atoms with E-state index in [1.165, 1.54) is 0 Å². The summed E-state index contributed by atoms with van der Waals surface area (Å²) in [6.45, 7) is 2.57. The minimum absolute atomic E-state index is 0.512. The van der Waals surface area contributed by atoms with Crippen molar-refractivity contribution in [1.29, 1.82) is 0 Å². The summed E-state index contributed by atoms with van der Waals surface area (Å²) in [6.07, 6.45) is 1.83. The molecule has 0 bridgehead atoms. The van der Waals surface area contributed by atoms with E-state index in [0.717, 1.165) is 28.3 Å². The van der Waals surface area contributed by atoms with Gasteiger partial charge in [-0.05, 0) is 24.6 Å². The second-order valence-corrected chi connectivity index (χ2v) is 5.70. The van der Waals surface area contributed by atoms with Crippen LogP contribution in [-0.2, 0) is 17.9 Å². The SMILES string of the molecule is Cc1ccc(CNc2c(Cl)cc(Cl)c3c2N=S=N3)nc1. The summed E-state index contributed by atoms with van der Waals surface area (Å²) >= 11 is 13.4. The fraction of sp³-hybridized carbons (Fsp3) is 0.154. The van der Waals surface area contributed by atoms with Gasteiger partial charge in [-0.25, -0.2) is 0 Å². The highest BCUT2D eigenvalue weighted by atomic mass is 35.5. The molecular weight excluding hydrogens is 315 g/mol. The number of aromatic nitrogens is 1. The molecule has 0 aliphatic carbocycles. The molecular formula is C13H10Cl2N4S. The number of halogens is 2. The van der Waals surface area contributed by atoms with Gasteiger partial charge in [0.25, 0.3) is 0 Å². The first-order valence-corrected chi connectivity index (χ1v) is 7.39. The molecule has 0 saturated carbocycles. The van der Waals surface area contributed by atoms with Gasteiger partial charge in [0.2, 0.25) is 0 Å². The van der Waals surface area contributed by atoms with Crippen LogP contribution in [0.4, 0.5) is 17.1 Å². The van der Waals surface area contributed by atoms with Gasteiger partial charge in [0.1, 0.15) is 11.4 Å². The monoisotopic (exact) mass is 324 g/mol. The van der Waals surface area contributed by atoms with Crippen LogP contribution in [0, 0.1) is 6.92 Å². The van der Waals surface area contributed by atoms with Gasteiger partial charge in [-0.2, -0.15) is 8.73 Å². The molecule has 1 N–H and O–H groups in total. The molecule has 3 rings (SSSR count). The second kappa shape index (κ2) is 5.52. The van der Waals surface area contributed by atoms with E-state index in [0.29, 0.717) is 28.0 Å². The third-order valence-electron chi connectivity index (χ3n) is 2.86. The van der Waals surface area contributed by atoms with E-state index in [9.17, 15) is 0 Å². The summed E-state index contributed by atoms with van der Waals surface area (Å²) in [5.74, 6) is 0. The van der Waals surface area contributed by atoms with Crippen LogP contribution in [0.5, 0.6) is 0 Å². The van der Waals surface area contributed by atoms with Crippen LogP contribution in [0.2, 0.25) is 10.0 Å². The van der Waals surface area contributed by atoms with Crippen molar-refractivity contribution in [3.8, 4) is 0 Å². The Hall–Kier alpha value is -1.43. The molecule has 1 aliphatic rings. The maximum Gasteiger partial charge on any atom is 0.130 e. The highest BCUT2D eigenvalue weighted by molar-refractivity contribution is 7.58. The Morgan fingerprint density at radius 3 is 2.70 bits per heavy atom. The molecule has 0 spiro atoms. The average molecular weight is 325 g/mol. The predicted octanol–water partition coefficient (Wildman–Crippen LogP) is 5.04. The number of anilines is 1. The summed E-state index contributed by atoms with van der Waals surface area (Å²) in [5.41, 5.74) is 4.16. The van der Waals surface area contributed by atoms with Crippen LogP contribution in [0.1, 0.15) is 11.3 Å². The number of nitrogens with zero attached hydrogens (tertiary/aromatic N) is 3. The third-order valence-corrected chi connectivity index (χ3v) is 3.98. The lowest BCUT2D eigenvalue weighted by Gasteiger charge is -2.11. The van der Waals surface area contributed by atoms with Crippen LogP contribution < -0.4 is 5.32 Å². The first-order chi connectivity index (χ1) is 9.65. The van der Waals surface area contributed by atoms with Crippen molar-refractivity contribution >= 4 is 51.6 Å². The van der Waals surface area contributed by atoms with Crippen LogP contribution in [0.15, 0.2) is 33.1 Å². The van der Waals surface area contributed by atoms with E-state index in [-0.39, 0.29) is 0 Å². The molecule has 0 radical (unpaired) electrons. The quantitative estimate of drug-likeness (QED) is 0.734. The number of hydrogen-bond donors (Lipinski definition) is 1. The maximum atomic E-state index is 6.23. The molecule has 102 valence electrons. The first kappa shape index (κ1) is 13.5. The number of aryl methyl sites for hydroxylation is 1. The zero-order chi connectivity index (χ0) is 14.1. The van der Waals surface area contributed by atoms with Crippen molar-refractivity contribution in [2.24, 2.45) is 8.73 Å². The minimum atomic E-state index is 0.512. The highest BCUT2D eigenvalue weighted by Gasteiger charge is 2.18. The molecule has 1 aromatic carbocycles. The predicted molar refractivity (Wildman–Crippen MR) is 84.3 cm³/mol. The van der Waals surface area contributed by atoms with Gasteiger partial charge in [0.15, 0.2) is 0 Å². The van der Waals surface area contributed by atoms with E-state index in [2.05, 4.69) is 19.0 Å². The summed E-state index contributed by atoms with van der Waals surface area (Å²) in [4.78, 5) is 4.34. The molecule has 7 heteroatoms. The van der Waals surface area contributed by atoms with Crippen molar-refractivity contribution in [3.05, 3.63) is 45.7 Å². The Morgan fingerprint density at radius 2 is 1.95 bits per heavy atom. The van der Waals surface area contributed by atoms with E-state index in [4.69, 9.17) is 23.2 Å². The van der Waals surface area contributed by atoms with Crippen molar-refractivity contribution < 1.29 is 0 Å². The standard InChI is InChI=1S/C13H10Cl2N4S/c1-7-2-3-8(16-5-7)6-17-11-9(14)4-10(15)12-13(11)19-20-18-12/h2-5,17H,6H2,1H3. The highest BCUT2D eigenvalue weighted by Crippen LogP contribution is 2.47. The van der Waals surface area contributed by atoms with Gasteiger partial charge in [-0.3, -0.25) is 4.98 Å². The number of pyridine rings is 1. The Morgan fingerprint density at radius 1 is 1.15 bits per heavy atom. The summed E-state index contributed by atoms with van der Waals surface area (Å²) in [5, 5.41) is 4.30. The van der Waals surface area contributed by atoms with Gasteiger partial charge in [-0.15, -0.1) is 0 Å². The van der Waals surface area contributed by atoms with Crippen molar-refractivity contribution in [2.75, 3.05) is 5.32 Å². The van der Waals surface area contributed by atoms with Crippen LogP contribution in [0.25, 0.3) is 0 Å². The van der Waals surface area contributed by atoms with Crippen molar-refractivity contribution in [2.45, 2.75) is 13.5 Å². The van der Waals surface area contributed by atoms with Crippen molar-refractivity contribution in [3.63, 3.8) is 0 Å². The Bertz CT molecular complexity index is 737. The zero-order valence-electron chi connectivity index (χ0n) is 10.5. The Labute approximate surface area is 130 Å². The van der Waals surface area contributed by atoms with Gasteiger partial charge >= 0.3 is 0 Å². The van der Waals surface area contributed by atoms with E-state index in [1.54, 1.807) is 6.07 Å². The smallest absolute Gasteiger partial charge is 0.130 e. The summed E-state index contributed by atoms with van der Waals surface area (Å²) in [6, 6.07) is 5.67. The van der Waals surface area contributed by atoms with Crippen LogP contribution in [-0.4, -0.2) is 4.98 Å². The molecule has 4 nitrogen and oxygen atoms in total. The Kier molecular flexibility index (Phi) is 3.74. The van der Waals surface area contributed by atoms with E-state index >= 15 is 0 Å². The number of nitrogens with one attached hydrogen (secondary N) is 1. The Balaban J connectivity index is 1.87. The number of benzene rings is 1. The molecule has 0 fully saturated rings. The molecule has 20 heavy (non-hydrogen) atoms. The van der Waals surface area contributed by atoms with Gasteiger partial charge in [0.05, 0.1) is 39.3 Å². The van der Waals surface area contributed by atoms with Crippen molar-refractivity contribution in [1.82, 2.24) is 4.98 Å². The fourth-order valence-corrected chi connectivity index (χ4v) is 3.00.